The number of carbonyl (C=O) groups is 1. The summed E-state index contributed by atoms with van der Waals surface area (Å²) in [6, 6.07) is 6.22. The second-order valence-corrected chi connectivity index (χ2v) is 5.87. The molecule has 0 radical (unpaired) electrons. The lowest BCUT2D eigenvalue weighted by Crippen LogP contribution is -2.57. The summed E-state index contributed by atoms with van der Waals surface area (Å²) in [5.74, 6) is 0.166. The van der Waals surface area contributed by atoms with Crippen LogP contribution in [0.2, 0.25) is 0 Å². The lowest BCUT2D eigenvalue weighted by atomic mass is 9.89. The van der Waals surface area contributed by atoms with Crippen LogP contribution in [0.15, 0.2) is 18.2 Å². The number of rotatable bonds is 2. The largest absolute Gasteiger partial charge is 0.314 e. The van der Waals surface area contributed by atoms with Crippen molar-refractivity contribution in [2.24, 2.45) is 0 Å². The highest BCUT2D eigenvalue weighted by Crippen LogP contribution is 2.26. The summed E-state index contributed by atoms with van der Waals surface area (Å²) in [6.45, 7) is 7.09. The molecule has 3 nitrogen and oxygen atoms in total. The average molecular weight is 260 g/mol. The zero-order valence-corrected chi connectivity index (χ0v) is 12.4. The highest BCUT2D eigenvalue weighted by Gasteiger charge is 2.36. The van der Waals surface area contributed by atoms with Crippen LogP contribution in [0, 0.1) is 13.8 Å². The molecule has 1 fully saturated rings. The minimum Gasteiger partial charge on any atom is -0.314 e. The molecule has 1 saturated heterocycles. The summed E-state index contributed by atoms with van der Waals surface area (Å²) < 4.78 is 0. The van der Waals surface area contributed by atoms with Gasteiger partial charge in [-0.15, -0.1) is 0 Å². The van der Waals surface area contributed by atoms with Crippen LogP contribution in [0.3, 0.4) is 0 Å². The van der Waals surface area contributed by atoms with E-state index in [9.17, 15) is 4.79 Å². The van der Waals surface area contributed by atoms with Crippen molar-refractivity contribution >= 4 is 11.6 Å². The maximum Gasteiger partial charge on any atom is 0.246 e. The Labute approximate surface area is 116 Å². The minimum absolute atomic E-state index is 0.166. The van der Waals surface area contributed by atoms with Gasteiger partial charge in [-0.05, 0) is 58.2 Å². The fourth-order valence-corrected chi connectivity index (χ4v) is 2.90. The summed E-state index contributed by atoms with van der Waals surface area (Å²) in [4.78, 5) is 14.5. The van der Waals surface area contributed by atoms with Crippen LogP contribution in [0.25, 0.3) is 0 Å². The van der Waals surface area contributed by atoms with E-state index in [1.165, 1.54) is 5.56 Å². The average Bonchev–Trinajstić information content (AvgIpc) is 2.38. The van der Waals surface area contributed by atoms with Crippen molar-refractivity contribution in [2.45, 2.75) is 45.6 Å². The van der Waals surface area contributed by atoms with E-state index < -0.39 is 5.54 Å². The van der Waals surface area contributed by atoms with Gasteiger partial charge in [0.1, 0.15) is 0 Å². The number of anilines is 1. The van der Waals surface area contributed by atoms with Gasteiger partial charge < -0.3 is 10.2 Å². The highest BCUT2D eigenvalue weighted by molar-refractivity contribution is 6.00. The van der Waals surface area contributed by atoms with Crippen LogP contribution in [0.4, 0.5) is 5.69 Å². The van der Waals surface area contributed by atoms with Crippen LogP contribution in [-0.2, 0) is 4.79 Å². The van der Waals surface area contributed by atoms with Gasteiger partial charge in [0.05, 0.1) is 5.54 Å². The lowest BCUT2D eigenvalue weighted by molar-refractivity contribution is -0.124. The number of hydrogen-bond donors (Lipinski definition) is 1. The van der Waals surface area contributed by atoms with Crippen LogP contribution < -0.4 is 10.2 Å². The third-order valence-electron chi connectivity index (χ3n) is 4.11. The van der Waals surface area contributed by atoms with Crippen molar-refractivity contribution in [3.63, 3.8) is 0 Å². The van der Waals surface area contributed by atoms with Crippen molar-refractivity contribution in [3.8, 4) is 0 Å². The Kier molecular flexibility index (Phi) is 3.95. The van der Waals surface area contributed by atoms with Crippen molar-refractivity contribution < 1.29 is 4.79 Å². The molecule has 0 aromatic heterocycles. The van der Waals surface area contributed by atoms with Gasteiger partial charge >= 0.3 is 0 Å². The number of piperidine rings is 1. The Morgan fingerprint density at radius 3 is 2.63 bits per heavy atom. The fraction of sp³-hybridized carbons (Fsp3) is 0.562. The predicted molar refractivity (Wildman–Crippen MR) is 79.6 cm³/mol. The van der Waals surface area contributed by atoms with E-state index in [4.69, 9.17) is 0 Å². The zero-order valence-electron chi connectivity index (χ0n) is 12.4. The number of benzene rings is 1. The summed E-state index contributed by atoms with van der Waals surface area (Å²) >= 11 is 0. The predicted octanol–water partition coefficient (Wildman–Crippen LogP) is 2.80. The minimum atomic E-state index is -0.412. The number of aryl methyl sites for hydroxylation is 2. The quantitative estimate of drug-likeness (QED) is 0.887. The number of carbonyl (C=O) groups excluding carboxylic acids is 1. The first-order chi connectivity index (χ1) is 8.94. The molecule has 0 spiro atoms. The number of nitrogens with one attached hydrogen (secondary N) is 1. The van der Waals surface area contributed by atoms with Gasteiger partial charge in [0, 0.05) is 12.7 Å². The Morgan fingerprint density at radius 1 is 1.32 bits per heavy atom. The third-order valence-corrected chi connectivity index (χ3v) is 4.11. The molecule has 1 N–H and O–H groups in total. The molecule has 19 heavy (non-hydrogen) atoms. The molecule has 1 unspecified atom stereocenters. The summed E-state index contributed by atoms with van der Waals surface area (Å²) in [5, 5.41) is 3.39. The Hall–Kier alpha value is -1.35. The van der Waals surface area contributed by atoms with Gasteiger partial charge in [0.15, 0.2) is 0 Å². The summed E-state index contributed by atoms with van der Waals surface area (Å²) in [7, 11) is 1.88. The Morgan fingerprint density at radius 2 is 2.05 bits per heavy atom. The second-order valence-electron chi connectivity index (χ2n) is 5.87. The summed E-state index contributed by atoms with van der Waals surface area (Å²) in [5.41, 5.74) is 2.97. The van der Waals surface area contributed by atoms with Gasteiger partial charge in [-0.25, -0.2) is 0 Å². The SMILES string of the molecule is Cc1ccc(N(C)C(=O)C2(C)CCCCN2)c(C)c1. The van der Waals surface area contributed by atoms with E-state index in [0.29, 0.717) is 0 Å². The normalized spacial score (nSPS) is 23.2. The zero-order chi connectivity index (χ0) is 14.0. The number of hydrogen-bond acceptors (Lipinski definition) is 2. The summed E-state index contributed by atoms with van der Waals surface area (Å²) in [6.07, 6.45) is 3.20. The second kappa shape index (κ2) is 5.33. The first kappa shape index (κ1) is 14.1. The Balaban J connectivity index is 2.23. The standard InChI is InChI=1S/C16H24N2O/c1-12-7-8-14(13(2)11-12)18(4)15(19)16(3)9-5-6-10-17-16/h7-8,11,17H,5-6,9-10H2,1-4H3. The van der Waals surface area contributed by atoms with Gasteiger partial charge in [0.2, 0.25) is 5.91 Å². The molecular weight excluding hydrogens is 236 g/mol. The smallest absolute Gasteiger partial charge is 0.246 e. The van der Waals surface area contributed by atoms with Crippen molar-refractivity contribution in [2.75, 3.05) is 18.5 Å². The van der Waals surface area contributed by atoms with Gasteiger partial charge in [-0.3, -0.25) is 4.79 Å². The highest BCUT2D eigenvalue weighted by atomic mass is 16.2. The number of amides is 1. The van der Waals surface area contributed by atoms with Gasteiger partial charge in [-0.1, -0.05) is 17.7 Å². The first-order valence-corrected chi connectivity index (χ1v) is 7.04. The molecular formula is C16H24N2O. The molecule has 1 heterocycles. The van der Waals surface area contributed by atoms with Crippen molar-refractivity contribution in [1.82, 2.24) is 5.32 Å². The molecule has 0 bridgehead atoms. The Bertz CT molecular complexity index is 476. The molecule has 1 aliphatic rings. The molecule has 2 rings (SSSR count). The van der Waals surface area contributed by atoms with Crippen LogP contribution in [0.5, 0.6) is 0 Å². The molecule has 0 aliphatic carbocycles. The van der Waals surface area contributed by atoms with Gasteiger partial charge in [0.25, 0.3) is 0 Å². The lowest BCUT2D eigenvalue weighted by Gasteiger charge is -2.37. The molecule has 3 heteroatoms. The van der Waals surface area contributed by atoms with Crippen molar-refractivity contribution in [3.05, 3.63) is 29.3 Å². The molecule has 1 atom stereocenters. The van der Waals surface area contributed by atoms with E-state index in [1.807, 2.05) is 20.0 Å². The van der Waals surface area contributed by atoms with Gasteiger partial charge in [-0.2, -0.15) is 0 Å². The molecule has 1 amide bonds. The molecule has 1 aromatic carbocycles. The van der Waals surface area contributed by atoms with E-state index in [-0.39, 0.29) is 5.91 Å². The maximum absolute atomic E-state index is 12.7. The molecule has 1 aliphatic heterocycles. The van der Waals surface area contributed by atoms with E-state index >= 15 is 0 Å². The maximum atomic E-state index is 12.7. The first-order valence-electron chi connectivity index (χ1n) is 7.04. The topological polar surface area (TPSA) is 32.3 Å². The monoisotopic (exact) mass is 260 g/mol. The fourth-order valence-electron chi connectivity index (χ4n) is 2.90. The van der Waals surface area contributed by atoms with E-state index in [0.717, 1.165) is 37.1 Å². The third kappa shape index (κ3) is 2.81. The van der Waals surface area contributed by atoms with E-state index in [1.54, 1.807) is 4.90 Å². The molecule has 0 saturated carbocycles. The van der Waals surface area contributed by atoms with Crippen LogP contribution in [-0.4, -0.2) is 25.0 Å². The molecule has 1 aromatic rings. The van der Waals surface area contributed by atoms with Crippen LogP contribution in [0.1, 0.15) is 37.3 Å². The number of likely N-dealkylation sites (N-methyl/N-ethyl adjacent to an activating group) is 1. The number of nitrogens with zero attached hydrogens (tertiary/aromatic N) is 1. The molecule has 104 valence electrons. The van der Waals surface area contributed by atoms with Crippen molar-refractivity contribution in [1.29, 1.82) is 0 Å². The van der Waals surface area contributed by atoms with E-state index in [2.05, 4.69) is 31.3 Å². The van der Waals surface area contributed by atoms with Crippen LogP contribution >= 0.6 is 0 Å².